The van der Waals surface area contributed by atoms with Gasteiger partial charge in [-0.25, -0.2) is 0 Å². The molecular weight excluding hydrogens is 267 g/mol. The maximum atomic E-state index is 8.36. The number of hydrogen-bond donors (Lipinski definition) is 1. The summed E-state index contributed by atoms with van der Waals surface area (Å²) in [5.74, 6) is 0. The van der Waals surface area contributed by atoms with Gasteiger partial charge in [-0.3, -0.25) is 0 Å². The molecule has 0 aromatic heterocycles. The topological polar surface area (TPSA) is 256 Å². The van der Waals surface area contributed by atoms with Crippen molar-refractivity contribution >= 4 is 37.7 Å². The van der Waals surface area contributed by atoms with E-state index >= 15 is 0 Å². The first-order chi connectivity index (χ1) is 3.46. The van der Waals surface area contributed by atoms with Crippen LogP contribution in [0, 0.1) is 25.4 Å². The minimum absolute atomic E-state index is 0. The molecule has 0 heterocycles. The monoisotopic (exact) mass is 278 g/mol. The Morgan fingerprint density at radius 3 is 0.929 bits per heavy atom. The van der Waals surface area contributed by atoms with Gasteiger partial charge in [-0.1, -0.05) is 0 Å². The average Bonchev–Trinajstić information content (AvgIpc) is 1.25. The minimum atomic E-state index is -1.75. The molecule has 0 aliphatic heterocycles. The van der Waals surface area contributed by atoms with E-state index in [0.717, 1.165) is 0 Å². The van der Waals surface area contributed by atoms with Crippen LogP contribution in [0.3, 0.4) is 0 Å². The van der Waals surface area contributed by atoms with Crippen molar-refractivity contribution in [2.75, 3.05) is 0 Å². The zero-order valence-corrected chi connectivity index (χ0v) is 12.4. The molecule has 14 heteroatoms. The summed E-state index contributed by atoms with van der Waals surface area (Å²) < 4.78 is 0. The molecule has 0 saturated carbocycles. The van der Waals surface area contributed by atoms with E-state index in [1.165, 1.54) is 0 Å². The predicted molar refractivity (Wildman–Crippen MR) is 41.6 cm³/mol. The van der Waals surface area contributed by atoms with Crippen LogP contribution in [-0.4, -0.2) is 75.0 Å². The average molecular weight is 278 g/mol. The molecule has 0 spiro atoms. The second kappa shape index (κ2) is 47.9. The fourth-order valence-corrected chi connectivity index (χ4v) is 0. The molecule has 0 rings (SSSR count). The molecule has 0 aliphatic carbocycles. The van der Waals surface area contributed by atoms with Gasteiger partial charge >= 0.3 is 89.1 Å². The van der Waals surface area contributed by atoms with Gasteiger partial charge in [-0.15, -0.1) is 10.1 Å². The summed E-state index contributed by atoms with van der Waals surface area (Å²) in [7, 11) is 0. The zero-order chi connectivity index (χ0) is 7.15. The molecule has 0 atom stereocenters. The van der Waals surface area contributed by atoms with Gasteiger partial charge in [0.25, 0.3) is 5.09 Å². The molecule has 0 aromatic rings. The van der Waals surface area contributed by atoms with Crippen molar-refractivity contribution in [2.45, 2.75) is 0 Å². The molecule has 0 aliphatic rings. The third kappa shape index (κ3) is 1500. The van der Waals surface area contributed by atoms with Crippen molar-refractivity contribution < 1.29 is 91.5 Å². The number of rotatable bonds is 0. The van der Waals surface area contributed by atoms with Crippen molar-refractivity contribution in [3.05, 3.63) is 25.4 Å². The summed E-state index contributed by atoms with van der Waals surface area (Å²) >= 11 is 0. The van der Waals surface area contributed by atoms with E-state index in [2.05, 4.69) is 0 Å². The first-order valence-corrected chi connectivity index (χ1v) is 1.11. The molecule has 0 unspecified atom stereocenters. The van der Waals surface area contributed by atoms with Crippen molar-refractivity contribution in [1.82, 2.24) is 0 Å². The standard InChI is InChI=1S/Ca.K.HNO3.NO3.4H2O.2H/c;;2*2-1(3)4;;;;;;/h;;(H,2,3,4);;4*1H2;;/q+2;+1;;-1;;;;;2*-1. The molecule has 9 N–H and O–H groups in total. The normalized spacial score (nSPS) is 3.43. The molecule has 14 heavy (non-hydrogen) atoms. The minimum Gasteiger partial charge on any atom is -1.00 e. The van der Waals surface area contributed by atoms with Gasteiger partial charge in [-0.05, 0) is 0 Å². The van der Waals surface area contributed by atoms with Crippen LogP contribution >= 0.6 is 0 Å². The Balaban J connectivity index is -0.00000000375. The number of hydrogen-bond acceptors (Lipinski definition) is 5. The Morgan fingerprint density at radius 2 is 0.929 bits per heavy atom. The van der Waals surface area contributed by atoms with Gasteiger partial charge in [0, 0.05) is 0 Å². The van der Waals surface area contributed by atoms with Gasteiger partial charge in [0.15, 0.2) is 0 Å². The summed E-state index contributed by atoms with van der Waals surface area (Å²) in [6.45, 7) is 0. The van der Waals surface area contributed by atoms with Crippen LogP contribution < -0.4 is 51.4 Å². The molecule has 0 bridgehead atoms. The van der Waals surface area contributed by atoms with E-state index in [4.69, 9.17) is 30.6 Å². The van der Waals surface area contributed by atoms with E-state index in [1.807, 2.05) is 0 Å². The van der Waals surface area contributed by atoms with Crippen LogP contribution in [0.2, 0.25) is 0 Å². The van der Waals surface area contributed by atoms with Crippen molar-refractivity contribution in [2.24, 2.45) is 0 Å². The van der Waals surface area contributed by atoms with Crippen LogP contribution in [-0.2, 0) is 0 Å². The van der Waals surface area contributed by atoms with Crippen LogP contribution in [0.15, 0.2) is 0 Å². The summed E-state index contributed by atoms with van der Waals surface area (Å²) in [4.78, 5) is 16.6. The summed E-state index contributed by atoms with van der Waals surface area (Å²) in [5.41, 5.74) is 0. The van der Waals surface area contributed by atoms with E-state index in [0.29, 0.717) is 0 Å². The van der Waals surface area contributed by atoms with Gasteiger partial charge in [0.05, 0.1) is 5.09 Å². The first kappa shape index (κ1) is 59.4. The predicted octanol–water partition coefficient (Wildman–Crippen LogP) is -7.04. The Bertz CT molecular complexity index is 84.8. The van der Waals surface area contributed by atoms with Crippen molar-refractivity contribution in [3.8, 4) is 0 Å². The van der Waals surface area contributed by atoms with Crippen LogP contribution in [0.25, 0.3) is 0 Å². The fraction of sp³-hybridized carbons (Fsp3) is 0. The second-order valence-corrected chi connectivity index (χ2v) is 0.461. The maximum Gasteiger partial charge on any atom is 2.00 e. The summed E-state index contributed by atoms with van der Waals surface area (Å²) in [6, 6.07) is 0. The van der Waals surface area contributed by atoms with Gasteiger partial charge in [0.1, 0.15) is 0 Å². The summed E-state index contributed by atoms with van der Waals surface area (Å²) in [6.07, 6.45) is 0. The summed E-state index contributed by atoms with van der Waals surface area (Å²) in [5, 5.41) is 28.4. The van der Waals surface area contributed by atoms with Crippen LogP contribution in [0.5, 0.6) is 0 Å². The van der Waals surface area contributed by atoms with Crippen LogP contribution in [0.4, 0.5) is 0 Å². The second-order valence-electron chi connectivity index (χ2n) is 0.461. The molecule has 0 amide bonds. The van der Waals surface area contributed by atoms with E-state index < -0.39 is 10.2 Å². The van der Waals surface area contributed by atoms with E-state index in [-0.39, 0.29) is 114 Å². The van der Waals surface area contributed by atoms with Gasteiger partial charge in [0.2, 0.25) is 0 Å². The SMILES string of the molecule is O.O.O.O.O=[N+]([O-])O.O=[N+]([O-])[O-].[Ca+2].[H-].[H-].[K+]. The van der Waals surface area contributed by atoms with Gasteiger partial charge < -0.3 is 45.3 Å². The number of nitrogens with zero attached hydrogens (tertiary/aromatic N) is 2. The molecule has 84 valence electrons. The third-order valence-corrected chi connectivity index (χ3v) is 0. The maximum absolute atomic E-state index is 8.36. The Kier molecular flexibility index (Phi) is 203. The van der Waals surface area contributed by atoms with E-state index in [1.54, 1.807) is 0 Å². The van der Waals surface area contributed by atoms with E-state index in [9.17, 15) is 0 Å². The molecular formula is H11CaKN2O10. The fourth-order valence-electron chi connectivity index (χ4n) is 0. The molecule has 12 nitrogen and oxygen atoms in total. The van der Waals surface area contributed by atoms with Crippen molar-refractivity contribution in [3.63, 3.8) is 0 Å². The Hall–Kier alpha value is 1.14. The molecule has 0 aromatic carbocycles. The smallest absolute Gasteiger partial charge is 1.00 e. The zero-order valence-electron chi connectivity index (χ0n) is 9.09. The molecule has 0 fully saturated rings. The largest absolute Gasteiger partial charge is 2.00 e. The Morgan fingerprint density at radius 1 is 0.929 bits per heavy atom. The Labute approximate surface area is 152 Å². The van der Waals surface area contributed by atoms with Crippen molar-refractivity contribution in [1.29, 1.82) is 0 Å². The molecule has 0 radical (unpaired) electrons. The first-order valence-electron chi connectivity index (χ1n) is 1.11. The molecule has 0 saturated heterocycles. The third-order valence-electron chi connectivity index (χ3n) is 0. The van der Waals surface area contributed by atoms with Crippen LogP contribution in [0.1, 0.15) is 2.85 Å². The quantitative estimate of drug-likeness (QED) is 0.255. The van der Waals surface area contributed by atoms with Gasteiger partial charge in [-0.2, -0.15) is 0 Å².